The molecule has 3 aliphatic carbocycles. The van der Waals surface area contributed by atoms with E-state index in [1.807, 2.05) is 6.07 Å². The number of fused-ring (bicyclic) bond motifs is 5. The monoisotopic (exact) mass is 738 g/mol. The molecule has 0 N–H and O–H groups in total. The minimum atomic E-state index is 0. The van der Waals surface area contributed by atoms with Crippen molar-refractivity contribution in [1.29, 1.82) is 0 Å². The predicted octanol–water partition coefficient (Wildman–Crippen LogP) is 6.24. The van der Waals surface area contributed by atoms with Crippen LogP contribution in [0.5, 0.6) is 0 Å². The Hall–Kier alpha value is -2.18. The summed E-state index contributed by atoms with van der Waals surface area (Å²) in [5.41, 5.74) is 13.4. The van der Waals surface area contributed by atoms with Gasteiger partial charge in [0.25, 0.3) is 0 Å². The van der Waals surface area contributed by atoms with Crippen LogP contribution in [-0.4, -0.2) is 3.71 Å². The zero-order valence-electron chi connectivity index (χ0n) is 30.1. The summed E-state index contributed by atoms with van der Waals surface area (Å²) in [4.78, 5) is 0. The van der Waals surface area contributed by atoms with Crippen molar-refractivity contribution in [2.45, 2.75) is 93.4 Å². The average Bonchev–Trinajstić information content (AvgIpc) is 3.67. The second-order valence-corrected chi connectivity index (χ2v) is 16.1. The van der Waals surface area contributed by atoms with E-state index < -0.39 is 0 Å². The molecular formula is C44H50Cl2Zr-2. The molecular weight excluding hydrogens is 691 g/mol. The van der Waals surface area contributed by atoms with E-state index in [0.717, 1.165) is 6.42 Å². The first-order chi connectivity index (χ1) is 21.1. The number of allylic oxidation sites excluding steroid dienone is 8. The zero-order valence-corrected chi connectivity index (χ0v) is 34.1. The van der Waals surface area contributed by atoms with E-state index in [-0.39, 0.29) is 35.6 Å². The summed E-state index contributed by atoms with van der Waals surface area (Å²) < 4.78 is 2.17. The van der Waals surface area contributed by atoms with Gasteiger partial charge in [0.2, 0.25) is 0 Å². The van der Waals surface area contributed by atoms with Gasteiger partial charge in [0, 0.05) is 10.8 Å². The van der Waals surface area contributed by atoms with Gasteiger partial charge in [-0.25, -0.2) is 5.57 Å². The molecule has 4 aromatic carbocycles. The molecule has 3 aliphatic rings. The Kier molecular flexibility index (Phi) is 12.3. The molecule has 0 heterocycles. The fourth-order valence-electron chi connectivity index (χ4n) is 7.51. The second kappa shape index (κ2) is 14.7. The Bertz CT molecular complexity index is 1810. The van der Waals surface area contributed by atoms with Crippen LogP contribution in [0.4, 0.5) is 0 Å². The third-order valence-corrected chi connectivity index (χ3v) is 10.5. The minimum absolute atomic E-state index is 0. The van der Waals surface area contributed by atoms with Crippen LogP contribution in [0, 0.1) is 17.4 Å². The van der Waals surface area contributed by atoms with Gasteiger partial charge in [0.15, 0.2) is 0 Å². The van der Waals surface area contributed by atoms with Crippen LogP contribution in [0.25, 0.3) is 32.7 Å². The third kappa shape index (κ3) is 8.01. The van der Waals surface area contributed by atoms with Gasteiger partial charge in [-0.15, -0.1) is 39.7 Å². The third-order valence-electron chi connectivity index (χ3n) is 9.64. The maximum atomic E-state index is 3.48. The van der Waals surface area contributed by atoms with E-state index in [0.29, 0.717) is 11.3 Å². The molecule has 0 bridgehead atoms. The van der Waals surface area contributed by atoms with Gasteiger partial charge < -0.3 is 24.8 Å². The average molecular weight is 741 g/mol. The first-order valence-corrected chi connectivity index (χ1v) is 18.0. The number of halogens is 2. The van der Waals surface area contributed by atoms with Crippen LogP contribution in [0.15, 0.2) is 90.0 Å². The summed E-state index contributed by atoms with van der Waals surface area (Å²) in [6.45, 7) is 25.0. The molecule has 0 spiro atoms. The Morgan fingerprint density at radius 3 is 1.64 bits per heavy atom. The molecule has 47 heavy (non-hydrogen) atoms. The molecule has 0 saturated carbocycles. The molecule has 0 nitrogen and oxygen atoms in total. The summed E-state index contributed by atoms with van der Waals surface area (Å²) in [7, 11) is 0. The molecule has 0 saturated heterocycles. The van der Waals surface area contributed by atoms with E-state index in [9.17, 15) is 0 Å². The van der Waals surface area contributed by atoms with Gasteiger partial charge in [-0.2, -0.15) is 11.6 Å². The van der Waals surface area contributed by atoms with E-state index in [1.165, 1.54) is 95.9 Å². The molecule has 7 rings (SSSR count). The van der Waals surface area contributed by atoms with Gasteiger partial charge >= 0.3 is 63.8 Å². The van der Waals surface area contributed by atoms with Crippen molar-refractivity contribution in [1.82, 2.24) is 0 Å². The summed E-state index contributed by atoms with van der Waals surface area (Å²) in [5.74, 6) is 0.522. The number of hydrogen-bond acceptors (Lipinski definition) is 0. The van der Waals surface area contributed by atoms with Crippen molar-refractivity contribution in [3.8, 4) is 0 Å². The fourth-order valence-corrected chi connectivity index (χ4v) is 7.98. The summed E-state index contributed by atoms with van der Waals surface area (Å²) in [6, 6.07) is 22.4. The Morgan fingerprint density at radius 2 is 1.28 bits per heavy atom. The predicted molar refractivity (Wildman–Crippen MR) is 196 cm³/mol. The van der Waals surface area contributed by atoms with Crippen molar-refractivity contribution < 1.29 is 49.0 Å². The molecule has 0 radical (unpaired) electrons. The van der Waals surface area contributed by atoms with Gasteiger partial charge in [0.1, 0.15) is 0 Å². The summed E-state index contributed by atoms with van der Waals surface area (Å²) in [6.07, 6.45) is 11.8. The Balaban J connectivity index is 0.000000229. The first-order valence-electron chi connectivity index (χ1n) is 16.6. The molecule has 1 unspecified atom stereocenters. The number of rotatable bonds is 2. The quantitative estimate of drug-likeness (QED) is 0.214. The molecule has 4 aromatic rings. The van der Waals surface area contributed by atoms with Gasteiger partial charge in [-0.05, 0) is 36.1 Å². The van der Waals surface area contributed by atoms with Crippen LogP contribution in [0.1, 0.15) is 110 Å². The normalized spacial score (nSPS) is 18.2. The first kappa shape index (κ1) is 39.3. The topological polar surface area (TPSA) is 0 Å². The van der Waals surface area contributed by atoms with E-state index >= 15 is 0 Å². The summed E-state index contributed by atoms with van der Waals surface area (Å²) >= 11 is 1.46. The van der Waals surface area contributed by atoms with Gasteiger partial charge in [-0.1, -0.05) is 115 Å². The van der Waals surface area contributed by atoms with Gasteiger partial charge in [0.05, 0.1) is 0 Å². The molecule has 0 aliphatic heterocycles. The molecule has 0 fully saturated rings. The van der Waals surface area contributed by atoms with E-state index in [4.69, 9.17) is 0 Å². The zero-order chi connectivity index (χ0) is 32.9. The number of benzene rings is 3. The van der Waals surface area contributed by atoms with Crippen molar-refractivity contribution in [2.75, 3.05) is 0 Å². The van der Waals surface area contributed by atoms with E-state index in [1.54, 1.807) is 0 Å². The Morgan fingerprint density at radius 1 is 0.809 bits per heavy atom. The SMILES string of the molecule is CC1=CC(C)(C)c2cc3[cH-]c4cc5c(cc4c3cc21)C(C)=CC5(C)C.CCC1=[C-]C(C)C=C1C(C)(C)C.[Cl-].[Cl-].[Zr+2]=[CH]c1ccccc1. The number of hydrogen-bond donors (Lipinski definition) is 0. The molecule has 0 amide bonds. The maximum absolute atomic E-state index is 3.48. The second-order valence-electron chi connectivity index (χ2n) is 15.4. The Labute approximate surface area is 312 Å². The van der Waals surface area contributed by atoms with Crippen LogP contribution in [0.2, 0.25) is 0 Å². The van der Waals surface area contributed by atoms with E-state index in [2.05, 4.69) is 159 Å². The van der Waals surface area contributed by atoms with Crippen molar-refractivity contribution in [2.24, 2.45) is 11.3 Å². The standard InChI is InChI=1S/C25H25.C12H19.C7H6.2ClH.Zr/c1-14-12-24(3,4)22-8-16-7-17-9-23-19(15(2)13-25(23,5)6)11-21(17)20(16)10-18(14)22;1-6-10-7-9(2)8-11(10)12(3,4)5;1-7-5-3-2-4-6-7;;;/h7-13H,1-6H3;8-9H,6H2,1-5H3;1-6H;2*1H;/q2*-1;;;;+2/p-2. The molecule has 0 aromatic heterocycles. The summed E-state index contributed by atoms with van der Waals surface area (Å²) in [5, 5.41) is 5.57. The fraction of sp³-hybridized carbons (Fsp3) is 0.364. The van der Waals surface area contributed by atoms with Crippen LogP contribution in [0.3, 0.4) is 0 Å². The van der Waals surface area contributed by atoms with Crippen molar-refractivity contribution >= 4 is 36.4 Å². The molecule has 3 heteroatoms. The van der Waals surface area contributed by atoms with Gasteiger partial charge in [-0.3, -0.25) is 6.08 Å². The molecule has 1 atom stereocenters. The van der Waals surface area contributed by atoms with Crippen LogP contribution >= 0.6 is 0 Å². The molecule has 246 valence electrons. The van der Waals surface area contributed by atoms with Crippen molar-refractivity contribution in [3.63, 3.8) is 0 Å². The van der Waals surface area contributed by atoms with Crippen LogP contribution < -0.4 is 24.8 Å². The van der Waals surface area contributed by atoms with Crippen LogP contribution in [-0.2, 0) is 35.1 Å². The van der Waals surface area contributed by atoms with Crippen molar-refractivity contribution in [3.05, 3.63) is 124 Å².